The minimum absolute atomic E-state index is 1.76. The maximum atomic E-state index is 9.46. The van der Waals surface area contributed by atoms with Crippen molar-refractivity contribution in [2.45, 2.75) is 13.7 Å². The van der Waals surface area contributed by atoms with Crippen LogP contribution in [0.1, 0.15) is 21.9 Å². The van der Waals surface area contributed by atoms with Crippen molar-refractivity contribution < 1.29 is 33.7 Å². The molecule has 0 spiro atoms. The van der Waals surface area contributed by atoms with Gasteiger partial charge in [-0.3, -0.25) is 4.79 Å². The van der Waals surface area contributed by atoms with E-state index in [0.29, 0.717) is 0 Å². The highest BCUT2D eigenvalue weighted by molar-refractivity contribution is 5.62. The normalized spacial score (nSPS) is 25.3. The lowest BCUT2D eigenvalue weighted by Crippen LogP contribution is -2.16. The number of carboxylic acid groups (broad SMARTS) is 2. The average Bonchev–Trinajstić information content (AvgIpc) is 1.97. The highest BCUT2D eigenvalue weighted by atomic mass is 16.4. The molecule has 0 aliphatic rings. The SMILES string of the molecule is [2H]C([2H])([2H])C(=O)O.[2H]C([2H])([2H])C(=O)[O-].[2H][N+]([2H])([2H])[2H]. The van der Waals surface area contributed by atoms with Crippen LogP contribution in [-0.2, 0) is 9.59 Å². The first-order valence-corrected chi connectivity index (χ1v) is 1.34. The molecule has 56 valence electrons. The fourth-order valence-corrected chi connectivity index (χ4v) is 0. The van der Waals surface area contributed by atoms with Gasteiger partial charge in [0.2, 0.25) is 0 Å². The maximum Gasteiger partial charge on any atom is 0.342 e. The van der Waals surface area contributed by atoms with Gasteiger partial charge in [-0.2, -0.15) is 0 Å². The molecular weight excluding hydrogens is 126 g/mol. The Labute approximate surface area is 67.2 Å². The summed E-state index contributed by atoms with van der Waals surface area (Å²) in [6, 6.07) is 0. The Bertz CT molecular complexity index is 259. The van der Waals surface area contributed by atoms with E-state index in [1.54, 1.807) is 0 Å². The summed E-state index contributed by atoms with van der Waals surface area (Å²) in [5.41, 5.74) is 0. The van der Waals surface area contributed by atoms with Gasteiger partial charge in [0.1, 0.15) is 0 Å². The molecule has 0 heterocycles. The maximum absolute atomic E-state index is 9.46. The summed E-state index contributed by atoms with van der Waals surface area (Å²) >= 11 is 0. The number of carboxylic acids is 2. The van der Waals surface area contributed by atoms with Crippen LogP contribution in [0.4, 0.5) is 0 Å². The molecule has 0 saturated carbocycles. The molecule has 5 heteroatoms. The largest absolute Gasteiger partial charge is 0.550 e. The number of hydrogen-bond acceptors (Lipinski definition) is 3. The van der Waals surface area contributed by atoms with Crippen LogP contribution in [0.5, 0.6) is 0 Å². The lowest BCUT2D eigenvalue weighted by molar-refractivity contribution is -0.302. The summed E-state index contributed by atoms with van der Waals surface area (Å²) in [4.78, 5) is 18.8. The molecule has 9 heavy (non-hydrogen) atoms. The molecule has 0 aromatic heterocycles. The molecule has 0 aliphatic carbocycles. The predicted octanol–water partition coefficient (Wildman–Crippen LogP) is -0.777. The van der Waals surface area contributed by atoms with Crippen molar-refractivity contribution >= 4 is 11.9 Å². The summed E-state index contributed by atoms with van der Waals surface area (Å²) in [7, 11) is 0. The van der Waals surface area contributed by atoms with Gasteiger partial charge < -0.3 is 21.1 Å². The van der Waals surface area contributed by atoms with E-state index in [2.05, 4.69) is 0 Å². The van der Waals surface area contributed by atoms with Crippen molar-refractivity contribution in [3.63, 3.8) is 0 Å². The van der Waals surface area contributed by atoms with Gasteiger partial charge in [-0.25, -0.2) is 0 Å². The molecule has 5 nitrogen and oxygen atoms in total. The zero-order valence-electron chi connectivity index (χ0n) is 14.1. The summed E-state index contributed by atoms with van der Waals surface area (Å²) in [6.07, 6.45) is -2.00. The van der Waals surface area contributed by atoms with Crippen LogP contribution in [0.2, 0.25) is 5.65 Å². The molecule has 0 aliphatic heterocycles. The number of carbonyl (C=O) groups excluding carboxylic acids is 1. The first kappa shape index (κ1) is 1.69. The summed E-state index contributed by atoms with van der Waals surface area (Å²) in [5.74, 6) is -3.76. The first-order chi connectivity index (χ1) is 7.89. The second kappa shape index (κ2) is 10.0. The quantitative estimate of drug-likeness (QED) is 0.467. The van der Waals surface area contributed by atoms with E-state index in [4.69, 9.17) is 19.0 Å². The van der Waals surface area contributed by atoms with Gasteiger partial charge in [0.15, 0.2) is 0 Å². The molecule has 0 unspecified atom stereocenters. The highest BCUT2D eigenvalue weighted by Gasteiger charge is 1.65. The Morgan fingerprint density at radius 1 is 1.78 bits per heavy atom. The Morgan fingerprint density at radius 3 is 2.00 bits per heavy atom. The van der Waals surface area contributed by atoms with E-state index < -0.39 is 31.8 Å². The van der Waals surface area contributed by atoms with E-state index in [0.717, 1.165) is 0 Å². The van der Waals surface area contributed by atoms with Crippen molar-refractivity contribution in [1.29, 1.82) is 0 Å². The Balaban J connectivity index is -0.000000206. The van der Waals surface area contributed by atoms with Crippen molar-refractivity contribution in [3.8, 4) is 0 Å². The van der Waals surface area contributed by atoms with E-state index >= 15 is 0 Å². The predicted molar refractivity (Wildman–Crippen MR) is 30.0 cm³/mol. The number of aliphatic carboxylic acids is 2. The van der Waals surface area contributed by atoms with Gasteiger partial charge in [0, 0.05) is 21.0 Å². The van der Waals surface area contributed by atoms with Crippen molar-refractivity contribution in [2.24, 2.45) is 0 Å². The number of hydrogen-bond donors (Lipinski definition) is 2. The molecule has 0 atom stereocenters. The van der Waals surface area contributed by atoms with E-state index in [1.807, 2.05) is 0 Å². The topological polar surface area (TPSA) is 114 Å². The molecule has 0 saturated heterocycles. The molecule has 0 aromatic rings. The standard InChI is InChI=1S/2C2H4O2.H3N/c2*1-2(3)4;/h2*1H3,(H,3,4);1H3/i2*1D3;/hD4. The second-order valence-corrected chi connectivity index (χ2v) is 0.593. The molecule has 0 rings (SSSR count). The van der Waals surface area contributed by atoms with Gasteiger partial charge in [-0.1, -0.05) is 0 Å². The monoisotopic (exact) mass is 147 g/mol. The van der Waals surface area contributed by atoms with Crippen LogP contribution < -0.4 is 11.2 Å². The van der Waals surface area contributed by atoms with Crippen molar-refractivity contribution in [1.82, 2.24) is 6.12 Å². The fourth-order valence-electron chi connectivity index (χ4n) is 0. The molecule has 0 fully saturated rings. The van der Waals surface area contributed by atoms with Gasteiger partial charge in [0.25, 0.3) is 5.97 Å². The van der Waals surface area contributed by atoms with Crippen LogP contribution >= 0.6 is 0 Å². The van der Waals surface area contributed by atoms with E-state index in [9.17, 15) is 14.7 Å². The van der Waals surface area contributed by atoms with Gasteiger partial charge >= 0.3 is 5.65 Å². The molecule has 0 amide bonds. The lowest BCUT2D eigenvalue weighted by atomic mass is 10.9. The number of carbonyl (C=O) groups is 2. The fraction of sp³-hybridized carbons (Fsp3) is 0.500. The van der Waals surface area contributed by atoms with E-state index in [1.165, 1.54) is 0 Å². The summed E-state index contributed by atoms with van der Waals surface area (Å²) in [5, 5.41) is 17.0. The third-order valence-corrected chi connectivity index (χ3v) is 0. The van der Waals surface area contributed by atoms with Gasteiger partial charge in [-0.15, -0.1) is 0 Å². The molecule has 0 radical (unpaired) electrons. The molecule has 0 bridgehead atoms. The minimum Gasteiger partial charge on any atom is -0.550 e. The average molecular weight is 147 g/mol. The lowest BCUT2D eigenvalue weighted by Gasteiger charge is -1.77. The first-order valence-electron chi connectivity index (χ1n) is 6.12. The smallest absolute Gasteiger partial charge is 0.342 e. The van der Waals surface area contributed by atoms with Crippen LogP contribution in [0, 0.1) is 0 Å². The third kappa shape index (κ3) is 137. The Kier molecular flexibility index (Phi) is 1.88. The van der Waals surface area contributed by atoms with Crippen LogP contribution in [0.25, 0.3) is 0 Å². The number of rotatable bonds is 0. The van der Waals surface area contributed by atoms with Gasteiger partial charge in [-0.05, 0) is 6.85 Å². The minimum atomic E-state index is -2.94. The summed E-state index contributed by atoms with van der Waals surface area (Å²) < 4.78 is 60.0. The third-order valence-electron chi connectivity index (χ3n) is 0. The van der Waals surface area contributed by atoms with Crippen LogP contribution in [0.3, 0.4) is 0 Å². The van der Waals surface area contributed by atoms with Crippen molar-refractivity contribution in [3.05, 3.63) is 0 Å². The van der Waals surface area contributed by atoms with Gasteiger partial charge in [0.05, 0.1) is 0 Å². The Hall–Kier alpha value is -1.10. The van der Waals surface area contributed by atoms with Crippen LogP contribution in [0.15, 0.2) is 0 Å². The zero-order valence-corrected chi connectivity index (χ0v) is 4.12. The van der Waals surface area contributed by atoms with E-state index in [-0.39, 0.29) is 0 Å². The van der Waals surface area contributed by atoms with Crippen molar-refractivity contribution in [2.75, 3.05) is 0 Å². The molecule has 0 aromatic carbocycles. The highest BCUT2D eigenvalue weighted by Crippen LogP contribution is 1.42. The second-order valence-electron chi connectivity index (χ2n) is 0.593. The summed E-state index contributed by atoms with van der Waals surface area (Å²) in [6.45, 7) is -5.78. The number of quaternary nitrogens is 1. The van der Waals surface area contributed by atoms with Crippen LogP contribution in [-0.4, -0.2) is 17.0 Å². The molecular formula is C4H11NO4. The molecule has 5 N–H and O–H groups in total. The Morgan fingerprint density at radius 2 is 2.00 bits per heavy atom. The zero-order chi connectivity index (χ0) is 16.7.